The van der Waals surface area contributed by atoms with Crippen molar-refractivity contribution in [3.05, 3.63) is 0 Å². The molecule has 0 aromatic carbocycles. The maximum Gasteiger partial charge on any atom is 0.407 e. The molecular formula is C20H38N2O3. The van der Waals surface area contributed by atoms with Gasteiger partial charge in [-0.05, 0) is 78.1 Å². The molecule has 0 bridgehead atoms. The van der Waals surface area contributed by atoms with Crippen molar-refractivity contribution >= 4 is 6.09 Å². The van der Waals surface area contributed by atoms with Crippen LogP contribution in [0.2, 0.25) is 0 Å². The Labute approximate surface area is 153 Å². The highest BCUT2D eigenvalue weighted by Gasteiger charge is 2.33. The molecule has 0 spiro atoms. The minimum absolute atomic E-state index is 0.205. The molecule has 2 aliphatic carbocycles. The first kappa shape index (κ1) is 20.5. The lowest BCUT2D eigenvalue weighted by Crippen LogP contribution is -2.49. The van der Waals surface area contributed by atoms with E-state index in [1.54, 1.807) is 0 Å². The van der Waals surface area contributed by atoms with Gasteiger partial charge in [0, 0.05) is 18.6 Å². The van der Waals surface area contributed by atoms with Crippen molar-refractivity contribution in [1.82, 2.24) is 10.6 Å². The van der Waals surface area contributed by atoms with Gasteiger partial charge in [0.05, 0.1) is 5.60 Å². The average Bonchev–Trinajstić information content (AvgIpc) is 2.53. The summed E-state index contributed by atoms with van der Waals surface area (Å²) in [6.45, 7) is 8.60. The Hall–Kier alpha value is -0.810. The second kappa shape index (κ2) is 8.72. The van der Waals surface area contributed by atoms with E-state index < -0.39 is 11.2 Å². The van der Waals surface area contributed by atoms with Crippen LogP contribution in [0.3, 0.4) is 0 Å². The molecule has 25 heavy (non-hydrogen) atoms. The van der Waals surface area contributed by atoms with Gasteiger partial charge in [-0.25, -0.2) is 4.79 Å². The van der Waals surface area contributed by atoms with Crippen LogP contribution in [0.1, 0.15) is 85.5 Å². The summed E-state index contributed by atoms with van der Waals surface area (Å²) in [6.07, 6.45) is 9.08. The number of carbonyl (C=O) groups excluding carboxylic acids is 1. The molecule has 1 amide bonds. The number of rotatable bonds is 5. The predicted octanol–water partition coefficient (Wildman–Crippen LogP) is 3.74. The Morgan fingerprint density at radius 1 is 1.08 bits per heavy atom. The second-order valence-corrected chi connectivity index (χ2v) is 9.15. The van der Waals surface area contributed by atoms with Gasteiger partial charge in [0.1, 0.15) is 5.60 Å². The smallest absolute Gasteiger partial charge is 0.407 e. The molecule has 0 unspecified atom stereocenters. The summed E-state index contributed by atoms with van der Waals surface area (Å²) in [5.74, 6) is 0.801. The van der Waals surface area contributed by atoms with Gasteiger partial charge < -0.3 is 20.5 Å². The summed E-state index contributed by atoms with van der Waals surface area (Å²) in [7, 11) is 0. The monoisotopic (exact) mass is 354 g/mol. The number of aliphatic hydroxyl groups is 1. The van der Waals surface area contributed by atoms with Gasteiger partial charge in [-0.3, -0.25) is 0 Å². The zero-order valence-corrected chi connectivity index (χ0v) is 16.6. The molecule has 3 N–H and O–H groups in total. The molecule has 5 nitrogen and oxygen atoms in total. The molecule has 0 radical (unpaired) electrons. The third-order valence-corrected chi connectivity index (χ3v) is 5.78. The Kier molecular flexibility index (Phi) is 7.15. The summed E-state index contributed by atoms with van der Waals surface area (Å²) in [6, 6.07) is 0.653. The van der Waals surface area contributed by atoms with Gasteiger partial charge in [-0.2, -0.15) is 0 Å². The first-order valence-corrected chi connectivity index (χ1v) is 10.1. The molecule has 0 heterocycles. The highest BCUT2D eigenvalue weighted by molar-refractivity contribution is 5.68. The molecule has 2 rings (SSSR count). The lowest BCUT2D eigenvalue weighted by atomic mass is 9.77. The van der Waals surface area contributed by atoms with Crippen LogP contribution in [0.4, 0.5) is 4.79 Å². The minimum Gasteiger partial charge on any atom is -0.444 e. The van der Waals surface area contributed by atoms with Crippen molar-refractivity contribution in [2.24, 2.45) is 5.92 Å². The fraction of sp³-hybridized carbons (Fsp3) is 0.950. The summed E-state index contributed by atoms with van der Waals surface area (Å²) in [5.41, 5.74) is -0.966. The zero-order chi connectivity index (χ0) is 18.5. The summed E-state index contributed by atoms with van der Waals surface area (Å²) >= 11 is 0. The molecule has 5 heteroatoms. The molecule has 0 aromatic rings. The topological polar surface area (TPSA) is 70.6 Å². The van der Waals surface area contributed by atoms with Gasteiger partial charge >= 0.3 is 6.09 Å². The highest BCUT2D eigenvalue weighted by Crippen LogP contribution is 2.33. The maximum absolute atomic E-state index is 11.9. The molecule has 0 atom stereocenters. The van der Waals surface area contributed by atoms with E-state index in [1.165, 1.54) is 6.42 Å². The largest absolute Gasteiger partial charge is 0.444 e. The molecule has 0 aliphatic heterocycles. The van der Waals surface area contributed by atoms with Crippen LogP contribution < -0.4 is 10.6 Å². The summed E-state index contributed by atoms with van der Waals surface area (Å²) in [4.78, 5) is 11.9. The van der Waals surface area contributed by atoms with E-state index in [-0.39, 0.29) is 12.1 Å². The molecule has 2 aliphatic rings. The van der Waals surface area contributed by atoms with Crippen LogP contribution >= 0.6 is 0 Å². The second-order valence-electron chi connectivity index (χ2n) is 9.15. The lowest BCUT2D eigenvalue weighted by molar-refractivity contribution is -0.0116. The number of ether oxygens (including phenoxy) is 1. The predicted molar refractivity (Wildman–Crippen MR) is 101 cm³/mol. The summed E-state index contributed by atoms with van der Waals surface area (Å²) in [5, 5.41) is 17.3. The molecule has 146 valence electrons. The normalized spacial score (nSPS) is 33.7. The first-order chi connectivity index (χ1) is 11.7. The Balaban J connectivity index is 1.65. The molecule has 0 aromatic heterocycles. The van der Waals surface area contributed by atoms with Crippen molar-refractivity contribution < 1.29 is 14.6 Å². The molecule has 2 saturated carbocycles. The van der Waals surface area contributed by atoms with E-state index in [1.807, 2.05) is 20.8 Å². The third kappa shape index (κ3) is 7.14. The quantitative estimate of drug-likeness (QED) is 0.703. The third-order valence-electron chi connectivity index (χ3n) is 5.78. The molecule has 0 saturated heterocycles. The number of hydrogen-bond acceptors (Lipinski definition) is 4. The lowest BCUT2D eigenvalue weighted by Gasteiger charge is -2.38. The summed E-state index contributed by atoms with van der Waals surface area (Å²) < 4.78 is 5.33. The van der Waals surface area contributed by atoms with Crippen LogP contribution in [0.5, 0.6) is 0 Å². The number of amides is 1. The Morgan fingerprint density at radius 3 is 2.16 bits per heavy atom. The number of hydrogen-bond donors (Lipinski definition) is 3. The van der Waals surface area contributed by atoms with Crippen molar-refractivity contribution in [3.63, 3.8) is 0 Å². The fourth-order valence-electron chi connectivity index (χ4n) is 4.05. The van der Waals surface area contributed by atoms with Crippen molar-refractivity contribution in [1.29, 1.82) is 0 Å². The van der Waals surface area contributed by atoms with Crippen LogP contribution in [-0.2, 0) is 4.74 Å². The van der Waals surface area contributed by atoms with Crippen LogP contribution in [0.15, 0.2) is 0 Å². The van der Waals surface area contributed by atoms with Crippen LogP contribution in [-0.4, -0.2) is 41.0 Å². The maximum atomic E-state index is 11.9. The van der Waals surface area contributed by atoms with Gasteiger partial charge in [-0.15, -0.1) is 0 Å². The Bertz CT molecular complexity index is 417. The molecular weight excluding hydrogens is 316 g/mol. The van der Waals surface area contributed by atoms with Gasteiger partial charge in [-0.1, -0.05) is 13.3 Å². The van der Waals surface area contributed by atoms with Crippen molar-refractivity contribution in [2.45, 2.75) is 109 Å². The number of nitrogens with one attached hydrogen (secondary N) is 2. The standard InChI is InChI=1S/C20H38N2O3/c1-5-15-10-12-20(24,13-11-15)14-21-16-6-8-17(9-7-16)22-18(23)25-19(2,3)4/h15-17,21,24H,5-14H2,1-4H3,(H,22,23). The van der Waals surface area contributed by atoms with Crippen LogP contribution in [0, 0.1) is 5.92 Å². The van der Waals surface area contributed by atoms with Crippen molar-refractivity contribution in [2.75, 3.05) is 6.54 Å². The van der Waals surface area contributed by atoms with E-state index >= 15 is 0 Å². The van der Waals surface area contributed by atoms with Gasteiger partial charge in [0.15, 0.2) is 0 Å². The fourth-order valence-corrected chi connectivity index (χ4v) is 4.05. The van der Waals surface area contributed by atoms with E-state index in [9.17, 15) is 9.90 Å². The van der Waals surface area contributed by atoms with E-state index in [2.05, 4.69) is 17.6 Å². The molecule has 2 fully saturated rings. The van der Waals surface area contributed by atoms with Crippen molar-refractivity contribution in [3.8, 4) is 0 Å². The van der Waals surface area contributed by atoms with E-state index in [0.717, 1.165) is 57.3 Å². The number of alkyl carbamates (subject to hydrolysis) is 1. The van der Waals surface area contributed by atoms with E-state index in [0.29, 0.717) is 12.6 Å². The number of carbonyl (C=O) groups is 1. The first-order valence-electron chi connectivity index (χ1n) is 10.1. The van der Waals surface area contributed by atoms with E-state index in [4.69, 9.17) is 4.74 Å². The minimum atomic E-state index is -0.517. The SMILES string of the molecule is CCC1CCC(O)(CNC2CCC(NC(=O)OC(C)(C)C)CC2)CC1. The average molecular weight is 355 g/mol. The van der Waals surface area contributed by atoms with Gasteiger partial charge in [0.2, 0.25) is 0 Å². The Morgan fingerprint density at radius 2 is 1.64 bits per heavy atom. The highest BCUT2D eigenvalue weighted by atomic mass is 16.6. The van der Waals surface area contributed by atoms with Crippen LogP contribution in [0.25, 0.3) is 0 Å². The zero-order valence-electron chi connectivity index (χ0n) is 16.6. The van der Waals surface area contributed by atoms with Gasteiger partial charge in [0.25, 0.3) is 0 Å².